The summed E-state index contributed by atoms with van der Waals surface area (Å²) in [7, 11) is 0. The number of hydrogen-bond donors (Lipinski definition) is 3. The van der Waals surface area contributed by atoms with E-state index in [-0.39, 0.29) is 18.5 Å². The van der Waals surface area contributed by atoms with Gasteiger partial charge in [0.1, 0.15) is 0 Å². The Morgan fingerprint density at radius 3 is 0.950 bits per heavy atom. The van der Waals surface area contributed by atoms with Crippen LogP contribution in [-0.4, -0.2) is 47.4 Å². The Morgan fingerprint density at radius 1 is 0.350 bits per heavy atom. The normalized spacial score (nSPS) is 12.7. The first-order valence-electron chi connectivity index (χ1n) is 36.3. The van der Waals surface area contributed by atoms with Crippen LogP contribution in [0, 0.1) is 0 Å². The predicted molar refractivity (Wildman–Crippen MR) is 352 cm³/mol. The maximum absolute atomic E-state index is 12.5. The molecule has 3 N–H and O–H groups in total. The molecule has 0 aliphatic heterocycles. The summed E-state index contributed by atoms with van der Waals surface area (Å²) in [5, 5.41) is 23.2. The van der Waals surface area contributed by atoms with Gasteiger partial charge >= 0.3 is 5.97 Å². The maximum atomic E-state index is 12.5. The number of esters is 1. The fraction of sp³-hybridized carbons (Fsp3) is 0.892. The summed E-state index contributed by atoms with van der Waals surface area (Å²) in [5.41, 5.74) is 0. The molecule has 0 aliphatic rings. The number of hydrogen-bond acceptors (Lipinski definition) is 5. The average Bonchev–Trinajstić information content (AvgIpc) is 3.46. The number of amides is 1. The molecule has 0 radical (unpaired) electrons. The highest BCUT2D eigenvalue weighted by molar-refractivity contribution is 5.76. The third-order valence-corrected chi connectivity index (χ3v) is 16.9. The summed E-state index contributed by atoms with van der Waals surface area (Å²) in [6.45, 7) is 4.94. The minimum Gasteiger partial charge on any atom is -0.466 e. The fourth-order valence-corrected chi connectivity index (χ4v) is 11.4. The van der Waals surface area contributed by atoms with E-state index in [0.29, 0.717) is 19.4 Å². The van der Waals surface area contributed by atoms with Gasteiger partial charge in [-0.05, 0) is 64.2 Å². The molecule has 0 bridgehead atoms. The fourth-order valence-electron chi connectivity index (χ4n) is 11.4. The second kappa shape index (κ2) is 69.6. The smallest absolute Gasteiger partial charge is 0.305 e. The zero-order chi connectivity index (χ0) is 57.8. The van der Waals surface area contributed by atoms with E-state index >= 15 is 0 Å². The van der Waals surface area contributed by atoms with Crippen LogP contribution in [0.5, 0.6) is 0 Å². The Bertz CT molecular complexity index is 1300. The number of aliphatic hydroxyl groups excluding tert-OH is 2. The molecule has 2 atom stereocenters. The molecule has 0 aromatic carbocycles. The lowest BCUT2D eigenvalue weighted by Crippen LogP contribution is -2.45. The van der Waals surface area contributed by atoms with Crippen molar-refractivity contribution in [2.24, 2.45) is 0 Å². The molecule has 0 spiro atoms. The standard InChI is InChI=1S/C74H141NO5/c1-3-5-7-9-11-13-15-17-19-20-21-33-36-39-42-46-50-54-58-62-66-72(77)71(70-76)75-73(78)67-63-59-55-51-47-43-40-37-34-31-29-27-25-23-22-24-26-28-30-32-35-38-41-45-49-53-57-61-65-69-80-74(79)68-64-60-56-52-48-44-18-16-14-12-10-8-6-4-2/h22,24,28,30,62,66,71-72,76-77H,3-21,23,25-27,29,31-61,63-65,67-70H2,1-2H3,(H,75,78)/b24-22-,30-28-,66-62+. The zero-order valence-electron chi connectivity index (χ0n) is 54.1. The van der Waals surface area contributed by atoms with Crippen molar-refractivity contribution in [2.75, 3.05) is 13.2 Å². The van der Waals surface area contributed by atoms with E-state index in [9.17, 15) is 19.8 Å². The van der Waals surface area contributed by atoms with Crippen molar-refractivity contribution < 1.29 is 24.5 Å². The van der Waals surface area contributed by atoms with Crippen molar-refractivity contribution in [3.63, 3.8) is 0 Å². The molecular weight excluding hydrogens is 983 g/mol. The second-order valence-corrected chi connectivity index (χ2v) is 24.9. The van der Waals surface area contributed by atoms with Gasteiger partial charge in [0.2, 0.25) is 5.91 Å². The molecule has 0 fully saturated rings. The van der Waals surface area contributed by atoms with Crippen molar-refractivity contribution in [2.45, 2.75) is 411 Å². The third kappa shape index (κ3) is 65.2. The van der Waals surface area contributed by atoms with Crippen molar-refractivity contribution >= 4 is 11.9 Å². The molecule has 0 aromatic heterocycles. The molecule has 0 heterocycles. The lowest BCUT2D eigenvalue weighted by atomic mass is 10.0. The predicted octanol–water partition coefficient (Wildman–Crippen LogP) is 23.5. The van der Waals surface area contributed by atoms with Crippen LogP contribution in [0.25, 0.3) is 0 Å². The monoisotopic (exact) mass is 1120 g/mol. The number of allylic oxidation sites excluding steroid dienone is 5. The maximum Gasteiger partial charge on any atom is 0.305 e. The number of aliphatic hydroxyl groups is 2. The van der Waals surface area contributed by atoms with Crippen molar-refractivity contribution in [1.82, 2.24) is 5.32 Å². The number of carbonyl (C=O) groups is 2. The van der Waals surface area contributed by atoms with Gasteiger partial charge in [0.15, 0.2) is 0 Å². The Hall–Kier alpha value is -1.92. The summed E-state index contributed by atoms with van der Waals surface area (Å²) >= 11 is 0. The van der Waals surface area contributed by atoms with Gasteiger partial charge in [-0.2, -0.15) is 0 Å². The van der Waals surface area contributed by atoms with E-state index in [1.807, 2.05) is 6.08 Å². The highest BCUT2D eigenvalue weighted by atomic mass is 16.5. The topological polar surface area (TPSA) is 95.9 Å². The van der Waals surface area contributed by atoms with E-state index in [1.165, 1.54) is 327 Å². The average molecular weight is 1120 g/mol. The Morgan fingerprint density at radius 2 is 0.625 bits per heavy atom. The van der Waals surface area contributed by atoms with Gasteiger partial charge in [-0.25, -0.2) is 0 Å². The number of carbonyl (C=O) groups excluding carboxylic acids is 2. The molecule has 6 heteroatoms. The first kappa shape index (κ1) is 78.1. The van der Waals surface area contributed by atoms with Crippen LogP contribution in [0.1, 0.15) is 399 Å². The van der Waals surface area contributed by atoms with E-state index in [4.69, 9.17) is 4.74 Å². The summed E-state index contributed by atoms with van der Waals surface area (Å²) in [6.07, 6.45) is 89.4. The molecule has 6 nitrogen and oxygen atoms in total. The quantitative estimate of drug-likeness (QED) is 0.0320. The number of unbranched alkanes of at least 4 members (excludes halogenated alkanes) is 53. The van der Waals surface area contributed by atoms with Crippen molar-refractivity contribution in [3.8, 4) is 0 Å². The summed E-state index contributed by atoms with van der Waals surface area (Å²) in [6, 6.07) is -0.630. The molecule has 0 saturated carbocycles. The van der Waals surface area contributed by atoms with Crippen LogP contribution in [0.2, 0.25) is 0 Å². The summed E-state index contributed by atoms with van der Waals surface area (Å²) < 4.78 is 5.49. The molecule has 0 aromatic rings. The lowest BCUT2D eigenvalue weighted by Gasteiger charge is -2.20. The Labute approximate surface area is 500 Å². The van der Waals surface area contributed by atoms with E-state index < -0.39 is 12.1 Å². The largest absolute Gasteiger partial charge is 0.466 e. The minimum atomic E-state index is -0.846. The first-order valence-corrected chi connectivity index (χ1v) is 36.3. The highest BCUT2D eigenvalue weighted by Crippen LogP contribution is 2.19. The van der Waals surface area contributed by atoms with E-state index in [1.54, 1.807) is 6.08 Å². The van der Waals surface area contributed by atoms with Crippen molar-refractivity contribution in [1.29, 1.82) is 0 Å². The van der Waals surface area contributed by atoms with Gasteiger partial charge in [-0.1, -0.05) is 359 Å². The van der Waals surface area contributed by atoms with Crippen LogP contribution in [0.15, 0.2) is 36.5 Å². The molecule has 1 amide bonds. The highest BCUT2D eigenvalue weighted by Gasteiger charge is 2.18. The molecule has 0 saturated heterocycles. The number of rotatable bonds is 68. The second-order valence-electron chi connectivity index (χ2n) is 24.9. The van der Waals surface area contributed by atoms with Crippen molar-refractivity contribution in [3.05, 3.63) is 36.5 Å². The van der Waals surface area contributed by atoms with Gasteiger partial charge in [0.25, 0.3) is 0 Å². The molecular formula is C74H141NO5. The summed E-state index contributed by atoms with van der Waals surface area (Å²) in [4.78, 5) is 24.6. The molecule has 472 valence electrons. The molecule has 0 aliphatic carbocycles. The van der Waals surface area contributed by atoms with Gasteiger partial charge in [-0.15, -0.1) is 0 Å². The number of nitrogens with one attached hydrogen (secondary N) is 1. The zero-order valence-corrected chi connectivity index (χ0v) is 54.1. The van der Waals surface area contributed by atoms with E-state index in [0.717, 1.165) is 44.9 Å². The number of ether oxygens (including phenoxy) is 1. The third-order valence-electron chi connectivity index (χ3n) is 16.9. The van der Waals surface area contributed by atoms with E-state index in [2.05, 4.69) is 43.5 Å². The van der Waals surface area contributed by atoms with Crippen LogP contribution >= 0.6 is 0 Å². The van der Waals surface area contributed by atoms with Gasteiger partial charge in [0.05, 0.1) is 25.4 Å². The summed E-state index contributed by atoms with van der Waals surface area (Å²) in [5.74, 6) is -0.0510. The van der Waals surface area contributed by atoms with Gasteiger partial charge in [0, 0.05) is 12.8 Å². The van der Waals surface area contributed by atoms with Crippen LogP contribution in [0.4, 0.5) is 0 Å². The van der Waals surface area contributed by atoms with Crippen LogP contribution < -0.4 is 5.32 Å². The van der Waals surface area contributed by atoms with Gasteiger partial charge < -0.3 is 20.3 Å². The minimum absolute atomic E-state index is 0.0144. The molecule has 2 unspecified atom stereocenters. The Kier molecular flexibility index (Phi) is 67.9. The Balaban J connectivity index is 3.42. The van der Waals surface area contributed by atoms with Gasteiger partial charge in [-0.3, -0.25) is 9.59 Å². The SMILES string of the molecule is CCCCCCCCCCCCCCCCCCCC/C=C/C(O)C(CO)NC(=O)CCCCCCCCCCCCCCC/C=C\C/C=C\CCCCCCCCCCCOC(=O)CCCCCCCCCCCCCCCC. The van der Waals surface area contributed by atoms with Crippen LogP contribution in [-0.2, 0) is 14.3 Å². The van der Waals surface area contributed by atoms with Crippen LogP contribution in [0.3, 0.4) is 0 Å². The lowest BCUT2D eigenvalue weighted by molar-refractivity contribution is -0.143. The molecule has 80 heavy (non-hydrogen) atoms. The first-order chi connectivity index (χ1) is 39.5. The molecule has 0 rings (SSSR count).